The van der Waals surface area contributed by atoms with Gasteiger partial charge in [0.1, 0.15) is 10.6 Å². The summed E-state index contributed by atoms with van der Waals surface area (Å²) in [4.78, 5) is 12.3. The van der Waals surface area contributed by atoms with Crippen molar-refractivity contribution in [1.82, 2.24) is 10.0 Å². The van der Waals surface area contributed by atoms with Crippen LogP contribution >= 0.6 is 12.4 Å². The Bertz CT molecular complexity index is 716. The molecule has 1 saturated heterocycles. The first kappa shape index (κ1) is 20.0. The minimum atomic E-state index is -3.66. The van der Waals surface area contributed by atoms with E-state index in [1.807, 2.05) is 0 Å². The van der Waals surface area contributed by atoms with Crippen molar-refractivity contribution >= 4 is 34.0 Å². The minimum Gasteiger partial charge on any atom is -0.495 e. The predicted molar refractivity (Wildman–Crippen MR) is 97.9 cm³/mol. The van der Waals surface area contributed by atoms with E-state index in [9.17, 15) is 13.2 Å². The average molecular weight is 390 g/mol. The highest BCUT2D eigenvalue weighted by Gasteiger charge is 2.30. The third-order valence-electron chi connectivity index (χ3n) is 4.25. The Kier molecular flexibility index (Phi) is 6.67. The number of nitrogens with one attached hydrogen (secondary N) is 3. The van der Waals surface area contributed by atoms with Gasteiger partial charge >= 0.3 is 0 Å². The molecular formula is C16H24ClN3O4S. The van der Waals surface area contributed by atoms with Crippen molar-refractivity contribution in [2.24, 2.45) is 0 Å². The molecule has 1 aliphatic carbocycles. The Morgan fingerprint density at radius 3 is 2.60 bits per heavy atom. The second-order valence-electron chi connectivity index (χ2n) is 6.25. The summed E-state index contributed by atoms with van der Waals surface area (Å²) in [5.41, 5.74) is 0.448. The SMILES string of the molecule is COc1ccc(NC(=O)C2CCCCN2)cc1S(=O)(=O)NC1CC1.Cl. The van der Waals surface area contributed by atoms with Crippen LogP contribution in [0.25, 0.3) is 0 Å². The summed E-state index contributed by atoms with van der Waals surface area (Å²) < 4.78 is 32.8. The zero-order valence-electron chi connectivity index (χ0n) is 14.1. The van der Waals surface area contributed by atoms with Crippen molar-refractivity contribution < 1.29 is 17.9 Å². The van der Waals surface area contributed by atoms with Gasteiger partial charge in [-0.2, -0.15) is 0 Å². The summed E-state index contributed by atoms with van der Waals surface area (Å²) in [6, 6.07) is 4.43. The molecule has 2 fully saturated rings. The van der Waals surface area contributed by atoms with Gasteiger partial charge in [-0.15, -0.1) is 12.4 Å². The summed E-state index contributed by atoms with van der Waals surface area (Å²) in [5, 5.41) is 5.97. The number of ether oxygens (including phenoxy) is 1. The van der Waals surface area contributed by atoms with E-state index >= 15 is 0 Å². The fourth-order valence-corrected chi connectivity index (χ4v) is 4.25. The Hall–Kier alpha value is -1.35. The number of sulfonamides is 1. The van der Waals surface area contributed by atoms with E-state index < -0.39 is 10.0 Å². The smallest absolute Gasteiger partial charge is 0.244 e. The van der Waals surface area contributed by atoms with E-state index in [2.05, 4.69) is 15.4 Å². The van der Waals surface area contributed by atoms with E-state index in [1.54, 1.807) is 12.1 Å². The molecule has 140 valence electrons. The molecule has 7 nitrogen and oxygen atoms in total. The normalized spacial score (nSPS) is 20.4. The number of hydrogen-bond acceptors (Lipinski definition) is 5. The quantitative estimate of drug-likeness (QED) is 0.687. The Balaban J connectivity index is 0.00000225. The Morgan fingerprint density at radius 1 is 1.24 bits per heavy atom. The van der Waals surface area contributed by atoms with Crippen LogP contribution in [0.5, 0.6) is 5.75 Å². The number of anilines is 1. The van der Waals surface area contributed by atoms with Gasteiger partial charge in [0.25, 0.3) is 0 Å². The monoisotopic (exact) mass is 389 g/mol. The number of benzene rings is 1. The van der Waals surface area contributed by atoms with Gasteiger partial charge in [-0.1, -0.05) is 6.42 Å². The molecule has 2 aliphatic rings. The summed E-state index contributed by atoms with van der Waals surface area (Å²) in [5.74, 6) is 0.121. The first-order valence-corrected chi connectivity index (χ1v) is 9.72. The number of carbonyl (C=O) groups is 1. The molecule has 1 amide bonds. The van der Waals surface area contributed by atoms with Gasteiger partial charge in [0.05, 0.1) is 13.2 Å². The molecule has 1 atom stereocenters. The molecule has 0 radical (unpaired) electrons. The highest BCUT2D eigenvalue weighted by atomic mass is 35.5. The number of amides is 1. The van der Waals surface area contributed by atoms with Crippen LogP contribution in [-0.2, 0) is 14.8 Å². The molecule has 1 aromatic carbocycles. The molecule has 25 heavy (non-hydrogen) atoms. The van der Waals surface area contributed by atoms with Gasteiger partial charge in [0, 0.05) is 11.7 Å². The Labute approximate surface area is 154 Å². The number of piperidine rings is 1. The molecule has 1 unspecified atom stereocenters. The van der Waals surface area contributed by atoms with E-state index in [0.717, 1.165) is 38.6 Å². The lowest BCUT2D eigenvalue weighted by Gasteiger charge is -2.22. The lowest BCUT2D eigenvalue weighted by atomic mass is 10.0. The van der Waals surface area contributed by atoms with Gasteiger partial charge < -0.3 is 15.4 Å². The summed E-state index contributed by atoms with van der Waals surface area (Å²) in [7, 11) is -2.24. The molecule has 1 aliphatic heterocycles. The minimum absolute atomic E-state index is 0. The second-order valence-corrected chi connectivity index (χ2v) is 7.94. The van der Waals surface area contributed by atoms with Crippen LogP contribution in [-0.4, -0.2) is 40.1 Å². The maximum Gasteiger partial charge on any atom is 0.244 e. The largest absolute Gasteiger partial charge is 0.495 e. The molecule has 1 aromatic rings. The van der Waals surface area contributed by atoms with Crippen molar-refractivity contribution in [3.63, 3.8) is 0 Å². The first-order valence-electron chi connectivity index (χ1n) is 8.24. The molecular weight excluding hydrogens is 366 g/mol. The highest BCUT2D eigenvalue weighted by molar-refractivity contribution is 7.89. The van der Waals surface area contributed by atoms with Gasteiger partial charge in [0.15, 0.2) is 0 Å². The van der Waals surface area contributed by atoms with Crippen LogP contribution < -0.4 is 20.1 Å². The fraction of sp³-hybridized carbons (Fsp3) is 0.562. The summed E-state index contributed by atoms with van der Waals surface area (Å²) >= 11 is 0. The molecule has 0 spiro atoms. The molecule has 3 N–H and O–H groups in total. The number of methoxy groups -OCH3 is 1. The average Bonchev–Trinajstić information content (AvgIpc) is 3.39. The molecule has 9 heteroatoms. The van der Waals surface area contributed by atoms with E-state index in [1.165, 1.54) is 13.2 Å². The number of rotatable bonds is 6. The zero-order valence-corrected chi connectivity index (χ0v) is 15.7. The zero-order chi connectivity index (χ0) is 17.2. The van der Waals surface area contributed by atoms with Crippen molar-refractivity contribution in [2.45, 2.75) is 49.1 Å². The lowest BCUT2D eigenvalue weighted by molar-refractivity contribution is -0.118. The van der Waals surface area contributed by atoms with Crippen molar-refractivity contribution in [2.75, 3.05) is 19.0 Å². The highest BCUT2D eigenvalue weighted by Crippen LogP contribution is 2.30. The maximum absolute atomic E-state index is 12.5. The molecule has 0 aromatic heterocycles. The first-order chi connectivity index (χ1) is 11.5. The van der Waals surface area contributed by atoms with Crippen molar-refractivity contribution in [3.05, 3.63) is 18.2 Å². The standard InChI is InChI=1S/C16H23N3O4S.ClH/c1-23-14-8-7-12(18-16(20)13-4-2-3-9-17-13)10-15(14)24(21,22)19-11-5-6-11;/h7-8,10-11,13,17,19H,2-6,9H2,1H3,(H,18,20);1H. The maximum atomic E-state index is 12.5. The van der Waals surface area contributed by atoms with Crippen LogP contribution in [0.2, 0.25) is 0 Å². The van der Waals surface area contributed by atoms with E-state index in [4.69, 9.17) is 4.74 Å². The number of carbonyl (C=O) groups excluding carboxylic acids is 1. The van der Waals surface area contributed by atoms with Crippen LogP contribution in [0, 0.1) is 0 Å². The van der Waals surface area contributed by atoms with Crippen LogP contribution in [0.15, 0.2) is 23.1 Å². The third-order valence-corrected chi connectivity index (χ3v) is 5.79. The van der Waals surface area contributed by atoms with Gasteiger partial charge in [-0.3, -0.25) is 4.79 Å². The molecule has 3 rings (SSSR count). The van der Waals surface area contributed by atoms with Crippen molar-refractivity contribution in [1.29, 1.82) is 0 Å². The van der Waals surface area contributed by atoms with Crippen molar-refractivity contribution in [3.8, 4) is 5.75 Å². The van der Waals surface area contributed by atoms with Crippen LogP contribution in [0.1, 0.15) is 32.1 Å². The van der Waals surface area contributed by atoms with Crippen LogP contribution in [0.3, 0.4) is 0 Å². The Morgan fingerprint density at radius 2 is 2.00 bits per heavy atom. The molecule has 1 heterocycles. The predicted octanol–water partition coefficient (Wildman–Crippen LogP) is 1.64. The number of halogens is 1. The van der Waals surface area contributed by atoms with Crippen LogP contribution in [0.4, 0.5) is 5.69 Å². The summed E-state index contributed by atoms with van der Waals surface area (Å²) in [6.45, 7) is 0.825. The number of hydrogen-bond donors (Lipinski definition) is 3. The summed E-state index contributed by atoms with van der Waals surface area (Å²) in [6.07, 6.45) is 4.58. The van der Waals surface area contributed by atoms with Gasteiger partial charge in [0.2, 0.25) is 15.9 Å². The molecule has 0 bridgehead atoms. The van der Waals surface area contributed by atoms with Gasteiger partial charge in [-0.05, 0) is 50.4 Å². The van der Waals surface area contributed by atoms with E-state index in [0.29, 0.717) is 5.69 Å². The lowest BCUT2D eigenvalue weighted by Crippen LogP contribution is -2.43. The third kappa shape index (κ3) is 5.07. The van der Waals surface area contributed by atoms with Gasteiger partial charge in [-0.25, -0.2) is 13.1 Å². The fourth-order valence-electron chi connectivity index (χ4n) is 2.75. The second kappa shape index (κ2) is 8.35. The molecule has 1 saturated carbocycles. The van der Waals surface area contributed by atoms with E-state index in [-0.39, 0.29) is 41.0 Å². The topological polar surface area (TPSA) is 96.5 Å².